The zero-order valence-electron chi connectivity index (χ0n) is 14.1. The van der Waals surface area contributed by atoms with Gasteiger partial charge in [0, 0.05) is 10.4 Å². The van der Waals surface area contributed by atoms with Crippen molar-refractivity contribution in [1.29, 1.82) is 0 Å². The minimum atomic E-state index is -0.625. The zero-order valence-corrected chi connectivity index (χ0v) is 15.0. The minimum Gasteiger partial charge on any atom is -0.494 e. The van der Waals surface area contributed by atoms with Crippen molar-refractivity contribution in [3.8, 4) is 5.75 Å². The van der Waals surface area contributed by atoms with Crippen molar-refractivity contribution in [3.63, 3.8) is 0 Å². The second-order valence-electron chi connectivity index (χ2n) is 6.26. The maximum absolute atomic E-state index is 13.7. The lowest BCUT2D eigenvalue weighted by molar-refractivity contribution is 0.0479. The molecule has 25 heavy (non-hydrogen) atoms. The number of carbonyl (C=O) groups excluding carboxylic acids is 2. The molecule has 3 rings (SSSR count). The molecule has 0 radical (unpaired) electrons. The number of esters is 1. The van der Waals surface area contributed by atoms with Crippen LogP contribution in [0.1, 0.15) is 43.8 Å². The summed E-state index contributed by atoms with van der Waals surface area (Å²) in [5, 5.41) is 0. The predicted octanol–water partition coefficient (Wildman–Crippen LogP) is 4.06. The molecule has 0 spiro atoms. The van der Waals surface area contributed by atoms with Gasteiger partial charge in [0.2, 0.25) is 0 Å². The van der Waals surface area contributed by atoms with E-state index >= 15 is 0 Å². The predicted molar refractivity (Wildman–Crippen MR) is 93.1 cm³/mol. The molecular weight excluding hydrogens is 343 g/mol. The molecule has 1 aliphatic rings. The molecule has 0 fully saturated rings. The summed E-state index contributed by atoms with van der Waals surface area (Å²) in [5.41, 5.74) is 1.35. The molecular formula is C19H19FO4S. The molecule has 1 aromatic carbocycles. The Balaban J connectivity index is 1.62. The van der Waals surface area contributed by atoms with Crippen molar-refractivity contribution in [2.45, 2.75) is 26.2 Å². The molecule has 0 unspecified atom stereocenters. The maximum atomic E-state index is 13.7. The Bertz CT molecular complexity index is 812. The van der Waals surface area contributed by atoms with Gasteiger partial charge in [0.25, 0.3) is 0 Å². The normalized spacial score (nSPS) is 16.2. The number of ether oxygens (including phenoxy) is 2. The fraction of sp³-hybridized carbons (Fsp3) is 0.368. The highest BCUT2D eigenvalue weighted by molar-refractivity contribution is 7.14. The van der Waals surface area contributed by atoms with E-state index in [1.807, 2.05) is 6.07 Å². The number of thiophene rings is 1. The van der Waals surface area contributed by atoms with Crippen molar-refractivity contribution >= 4 is 23.1 Å². The van der Waals surface area contributed by atoms with Crippen molar-refractivity contribution in [2.75, 3.05) is 13.7 Å². The number of hydrogen-bond acceptors (Lipinski definition) is 5. The summed E-state index contributed by atoms with van der Waals surface area (Å²) >= 11 is 1.44. The number of halogens is 1. The first-order valence-electron chi connectivity index (χ1n) is 8.13. The lowest BCUT2D eigenvalue weighted by Gasteiger charge is -2.16. The fourth-order valence-corrected chi connectivity index (χ4v) is 4.03. The van der Waals surface area contributed by atoms with Crippen LogP contribution in [0.25, 0.3) is 0 Å². The highest BCUT2D eigenvalue weighted by atomic mass is 32.1. The summed E-state index contributed by atoms with van der Waals surface area (Å²) in [6.07, 6.45) is 3.09. The van der Waals surface area contributed by atoms with Gasteiger partial charge in [-0.15, -0.1) is 11.3 Å². The summed E-state index contributed by atoms with van der Waals surface area (Å²) < 4.78 is 23.6. The van der Waals surface area contributed by atoms with Crippen molar-refractivity contribution in [3.05, 3.63) is 51.0 Å². The highest BCUT2D eigenvalue weighted by Gasteiger charge is 2.22. The topological polar surface area (TPSA) is 52.6 Å². The molecule has 0 saturated heterocycles. The maximum Gasteiger partial charge on any atom is 0.348 e. The molecule has 132 valence electrons. The monoisotopic (exact) mass is 362 g/mol. The molecule has 0 aliphatic heterocycles. The third-order valence-corrected chi connectivity index (χ3v) is 5.56. The smallest absolute Gasteiger partial charge is 0.348 e. The summed E-state index contributed by atoms with van der Waals surface area (Å²) in [7, 11) is 1.35. The van der Waals surface area contributed by atoms with Gasteiger partial charge in [0.1, 0.15) is 4.88 Å². The summed E-state index contributed by atoms with van der Waals surface area (Å²) in [6.45, 7) is 1.79. The first kappa shape index (κ1) is 17.6. The first-order valence-corrected chi connectivity index (χ1v) is 8.95. The van der Waals surface area contributed by atoms with Crippen LogP contribution in [-0.4, -0.2) is 25.5 Å². The van der Waals surface area contributed by atoms with Crippen molar-refractivity contribution < 1.29 is 23.5 Å². The Hall–Kier alpha value is -2.21. The standard InChI is InChI=1S/C19H19FO4S/c1-11-3-6-17-13(7-11)9-18(25-17)19(22)24-10-15(21)12-4-5-16(23-2)14(20)8-12/h4-5,8-9,11H,3,6-7,10H2,1-2H3/t11-/m1/s1. The van der Waals surface area contributed by atoms with E-state index in [4.69, 9.17) is 9.47 Å². The van der Waals surface area contributed by atoms with Gasteiger partial charge < -0.3 is 9.47 Å². The summed E-state index contributed by atoms with van der Waals surface area (Å²) in [4.78, 5) is 26.0. The molecule has 0 bridgehead atoms. The Morgan fingerprint density at radius 1 is 1.32 bits per heavy atom. The van der Waals surface area contributed by atoms with E-state index < -0.39 is 24.2 Å². The van der Waals surface area contributed by atoms with Gasteiger partial charge in [0.05, 0.1) is 7.11 Å². The van der Waals surface area contributed by atoms with Gasteiger partial charge in [-0.05, 0) is 55.0 Å². The van der Waals surface area contributed by atoms with Crippen LogP contribution in [-0.2, 0) is 17.6 Å². The quantitative estimate of drug-likeness (QED) is 0.595. The number of benzene rings is 1. The average molecular weight is 362 g/mol. The Morgan fingerprint density at radius 3 is 2.84 bits per heavy atom. The molecule has 0 saturated carbocycles. The van der Waals surface area contributed by atoms with E-state index in [-0.39, 0.29) is 11.3 Å². The van der Waals surface area contributed by atoms with Crippen LogP contribution in [0.5, 0.6) is 5.75 Å². The molecule has 0 N–H and O–H groups in total. The van der Waals surface area contributed by atoms with E-state index in [0.29, 0.717) is 10.8 Å². The largest absolute Gasteiger partial charge is 0.494 e. The average Bonchev–Trinajstić information content (AvgIpc) is 3.02. The molecule has 6 heteroatoms. The zero-order chi connectivity index (χ0) is 18.0. The van der Waals surface area contributed by atoms with Gasteiger partial charge >= 0.3 is 5.97 Å². The Morgan fingerprint density at radius 2 is 2.12 bits per heavy atom. The molecule has 1 aromatic heterocycles. The van der Waals surface area contributed by atoms with E-state index in [9.17, 15) is 14.0 Å². The lowest BCUT2D eigenvalue weighted by Crippen LogP contribution is -2.13. The third-order valence-electron chi connectivity index (χ3n) is 4.34. The number of hydrogen-bond donors (Lipinski definition) is 0. The first-order chi connectivity index (χ1) is 12.0. The number of aryl methyl sites for hydroxylation is 1. The molecule has 0 amide bonds. The van der Waals surface area contributed by atoms with Gasteiger partial charge in [-0.2, -0.15) is 0 Å². The van der Waals surface area contributed by atoms with Crippen molar-refractivity contribution in [2.24, 2.45) is 5.92 Å². The Kier molecular flexibility index (Phi) is 5.18. The minimum absolute atomic E-state index is 0.0620. The van der Waals surface area contributed by atoms with E-state index in [2.05, 4.69) is 6.92 Å². The van der Waals surface area contributed by atoms with Gasteiger partial charge in [-0.3, -0.25) is 4.79 Å². The van der Waals surface area contributed by atoms with Crippen LogP contribution in [0.4, 0.5) is 4.39 Å². The Labute approximate surface area is 149 Å². The van der Waals surface area contributed by atoms with Crippen LogP contribution < -0.4 is 4.74 Å². The number of ketones is 1. The number of methoxy groups -OCH3 is 1. The summed E-state index contributed by atoms with van der Waals surface area (Å²) in [5.74, 6) is -0.900. The third kappa shape index (κ3) is 3.90. The molecule has 4 nitrogen and oxygen atoms in total. The highest BCUT2D eigenvalue weighted by Crippen LogP contribution is 2.32. The molecule has 1 heterocycles. The van der Waals surface area contributed by atoms with Crippen molar-refractivity contribution in [1.82, 2.24) is 0 Å². The van der Waals surface area contributed by atoms with Crippen LogP contribution >= 0.6 is 11.3 Å². The fourth-order valence-electron chi connectivity index (χ4n) is 2.93. The van der Waals surface area contributed by atoms with E-state index in [1.165, 1.54) is 41.0 Å². The number of Topliss-reactive ketones (excluding diaryl/α,β-unsaturated/α-hetero) is 1. The number of rotatable bonds is 5. The van der Waals surface area contributed by atoms with Gasteiger partial charge in [-0.25, -0.2) is 9.18 Å². The van der Waals surface area contributed by atoms with Gasteiger partial charge in [0.15, 0.2) is 24.0 Å². The lowest BCUT2D eigenvalue weighted by atomic mass is 9.90. The van der Waals surface area contributed by atoms with E-state index in [0.717, 1.165) is 25.3 Å². The van der Waals surface area contributed by atoms with Crippen LogP contribution in [0.3, 0.4) is 0 Å². The molecule has 1 atom stereocenters. The second kappa shape index (κ2) is 7.35. The number of fused-ring (bicyclic) bond motifs is 1. The van der Waals surface area contributed by atoms with Gasteiger partial charge in [-0.1, -0.05) is 6.92 Å². The van der Waals surface area contributed by atoms with Crippen LogP contribution in [0, 0.1) is 11.7 Å². The second-order valence-corrected chi connectivity index (χ2v) is 7.39. The van der Waals surface area contributed by atoms with Crippen LogP contribution in [0.2, 0.25) is 0 Å². The molecule has 2 aromatic rings. The summed E-state index contributed by atoms with van der Waals surface area (Å²) in [6, 6.07) is 5.78. The van der Waals surface area contributed by atoms with E-state index in [1.54, 1.807) is 0 Å². The van der Waals surface area contributed by atoms with Crippen LogP contribution in [0.15, 0.2) is 24.3 Å². The SMILES string of the molecule is COc1ccc(C(=O)COC(=O)c2cc3c(s2)CC[C@@H](C)C3)cc1F. The molecule has 1 aliphatic carbocycles. The number of carbonyl (C=O) groups is 2.